The van der Waals surface area contributed by atoms with E-state index in [-0.39, 0.29) is 5.91 Å². The van der Waals surface area contributed by atoms with E-state index >= 15 is 0 Å². The average molecular weight is 364 g/mol. The number of rotatable bonds is 9. The molecule has 4 rings (SSSR count). The van der Waals surface area contributed by atoms with E-state index in [0.29, 0.717) is 18.7 Å². The lowest BCUT2D eigenvalue weighted by Crippen LogP contribution is -2.30. The maximum absolute atomic E-state index is 12.1. The molecule has 0 saturated heterocycles. The third kappa shape index (κ3) is 5.33. The summed E-state index contributed by atoms with van der Waals surface area (Å²) in [7, 11) is 0. The molecule has 2 aliphatic carbocycles. The Morgan fingerprint density at radius 2 is 1.89 bits per heavy atom. The largest absolute Gasteiger partial charge is 0.492 e. The van der Waals surface area contributed by atoms with Gasteiger partial charge in [0.1, 0.15) is 12.4 Å². The monoisotopic (exact) mass is 364 g/mol. The number of carbonyl (C=O) groups is 1. The highest BCUT2D eigenvalue weighted by Crippen LogP contribution is 2.28. The number of nitrogens with zero attached hydrogens (tertiary/aromatic N) is 1. The third-order valence-electron chi connectivity index (χ3n) is 5.21. The lowest BCUT2D eigenvalue weighted by Gasteiger charge is -2.22. The highest BCUT2D eigenvalue weighted by atomic mass is 16.5. The van der Waals surface area contributed by atoms with Crippen LogP contribution in [-0.2, 0) is 6.54 Å². The molecular weight excluding hydrogens is 336 g/mol. The van der Waals surface area contributed by atoms with E-state index in [1.807, 2.05) is 24.3 Å². The number of nitrogens with one attached hydrogen (secondary N) is 1. The van der Waals surface area contributed by atoms with Crippen LogP contribution < -0.4 is 10.1 Å². The van der Waals surface area contributed by atoms with Crippen LogP contribution in [0.5, 0.6) is 5.75 Å². The Bertz CT molecular complexity index is 779. The topological polar surface area (TPSA) is 41.6 Å². The number of amides is 1. The molecule has 2 aliphatic rings. The minimum absolute atomic E-state index is 0.0506. The third-order valence-corrected chi connectivity index (χ3v) is 5.21. The first-order valence-electron chi connectivity index (χ1n) is 10.0. The van der Waals surface area contributed by atoms with Crippen molar-refractivity contribution < 1.29 is 9.53 Å². The van der Waals surface area contributed by atoms with Crippen molar-refractivity contribution >= 4 is 5.91 Å². The van der Waals surface area contributed by atoms with Crippen molar-refractivity contribution in [3.63, 3.8) is 0 Å². The minimum atomic E-state index is 0.0506. The molecule has 0 bridgehead atoms. The zero-order chi connectivity index (χ0) is 18.6. The van der Waals surface area contributed by atoms with Crippen LogP contribution in [-0.4, -0.2) is 36.0 Å². The van der Waals surface area contributed by atoms with Crippen molar-refractivity contribution in [2.45, 2.75) is 51.2 Å². The van der Waals surface area contributed by atoms with Crippen molar-refractivity contribution in [2.24, 2.45) is 0 Å². The van der Waals surface area contributed by atoms with Gasteiger partial charge >= 0.3 is 0 Å². The van der Waals surface area contributed by atoms with Gasteiger partial charge in [-0.05, 0) is 68.0 Å². The molecule has 2 aromatic rings. The summed E-state index contributed by atoms with van der Waals surface area (Å²) in [6, 6.07) is 17.3. The minimum Gasteiger partial charge on any atom is -0.492 e. The van der Waals surface area contributed by atoms with E-state index in [4.69, 9.17) is 4.74 Å². The highest BCUT2D eigenvalue weighted by Gasteiger charge is 2.29. The average Bonchev–Trinajstić information content (AvgIpc) is 3.56. The molecular formula is C23H28N2O2. The van der Waals surface area contributed by atoms with Crippen molar-refractivity contribution in [2.75, 3.05) is 13.2 Å². The molecule has 142 valence electrons. The molecule has 0 atom stereocenters. The number of hydrogen-bond donors (Lipinski definition) is 1. The fraction of sp³-hybridized carbons (Fsp3) is 0.435. The maximum Gasteiger partial charge on any atom is 0.251 e. The van der Waals surface area contributed by atoms with E-state index in [1.54, 1.807) is 0 Å². The van der Waals surface area contributed by atoms with Crippen molar-refractivity contribution in [3.8, 4) is 5.75 Å². The second kappa shape index (κ2) is 8.13. The van der Waals surface area contributed by atoms with Crippen molar-refractivity contribution in [3.05, 3.63) is 65.2 Å². The summed E-state index contributed by atoms with van der Waals surface area (Å²) in [6.07, 6.45) is 4.77. The Kier molecular flexibility index (Phi) is 5.44. The second-order valence-corrected chi connectivity index (χ2v) is 7.81. The van der Waals surface area contributed by atoms with E-state index in [9.17, 15) is 4.79 Å². The first kappa shape index (κ1) is 18.1. The Hall–Kier alpha value is -2.33. The fourth-order valence-electron chi connectivity index (χ4n) is 3.31. The smallest absolute Gasteiger partial charge is 0.251 e. The molecule has 0 spiro atoms. The molecule has 2 fully saturated rings. The molecule has 0 aromatic heterocycles. The summed E-state index contributed by atoms with van der Waals surface area (Å²) in [5, 5.41) is 3.04. The standard InChI is InChI=1S/C23H28N2O2/c1-17-3-2-4-22(15-17)27-14-13-25(21-11-12-21)16-18-5-7-19(8-6-18)23(26)24-20-9-10-20/h2-8,15,20-21H,9-14,16H2,1H3,(H,24,26). The van der Waals surface area contributed by atoms with Crippen LogP contribution in [0.1, 0.15) is 47.2 Å². The molecule has 0 radical (unpaired) electrons. The van der Waals surface area contributed by atoms with Crippen LogP contribution in [0, 0.1) is 6.92 Å². The zero-order valence-electron chi connectivity index (χ0n) is 16.0. The first-order chi connectivity index (χ1) is 13.2. The van der Waals surface area contributed by atoms with Crippen LogP contribution in [0.3, 0.4) is 0 Å². The normalized spacial score (nSPS) is 16.4. The molecule has 1 N–H and O–H groups in total. The van der Waals surface area contributed by atoms with Gasteiger partial charge in [0.15, 0.2) is 0 Å². The van der Waals surface area contributed by atoms with Gasteiger partial charge in [0.05, 0.1) is 0 Å². The second-order valence-electron chi connectivity index (χ2n) is 7.81. The van der Waals surface area contributed by atoms with E-state index in [2.05, 4.69) is 41.4 Å². The van der Waals surface area contributed by atoms with Crippen molar-refractivity contribution in [1.29, 1.82) is 0 Å². The Morgan fingerprint density at radius 3 is 2.56 bits per heavy atom. The Labute approximate surface area is 161 Å². The molecule has 4 nitrogen and oxygen atoms in total. The van der Waals surface area contributed by atoms with Gasteiger partial charge in [-0.1, -0.05) is 24.3 Å². The number of benzene rings is 2. The fourth-order valence-corrected chi connectivity index (χ4v) is 3.31. The molecule has 1 amide bonds. The maximum atomic E-state index is 12.1. The van der Waals surface area contributed by atoms with Gasteiger partial charge in [0.2, 0.25) is 0 Å². The molecule has 0 unspecified atom stereocenters. The molecule has 2 aromatic carbocycles. The van der Waals surface area contributed by atoms with E-state index in [0.717, 1.165) is 37.2 Å². The molecule has 27 heavy (non-hydrogen) atoms. The van der Waals surface area contributed by atoms with Gasteiger partial charge in [-0.25, -0.2) is 0 Å². The van der Waals surface area contributed by atoms with Gasteiger partial charge < -0.3 is 10.1 Å². The summed E-state index contributed by atoms with van der Waals surface area (Å²) in [6.45, 7) is 4.61. The zero-order valence-corrected chi connectivity index (χ0v) is 16.0. The molecule has 4 heteroatoms. The van der Waals surface area contributed by atoms with Gasteiger partial charge in [0, 0.05) is 30.7 Å². The summed E-state index contributed by atoms with van der Waals surface area (Å²) in [5.41, 5.74) is 3.23. The van der Waals surface area contributed by atoms with Gasteiger partial charge in [-0.15, -0.1) is 0 Å². The van der Waals surface area contributed by atoms with Gasteiger partial charge in [-0.3, -0.25) is 9.69 Å². The van der Waals surface area contributed by atoms with Crippen LogP contribution >= 0.6 is 0 Å². The summed E-state index contributed by atoms with van der Waals surface area (Å²) in [5.74, 6) is 0.992. The quantitative estimate of drug-likeness (QED) is 0.733. The molecule has 0 heterocycles. The SMILES string of the molecule is Cc1cccc(OCCN(Cc2ccc(C(=O)NC3CC3)cc2)C2CC2)c1. The number of aryl methyl sites for hydroxylation is 1. The predicted octanol–water partition coefficient (Wildman–Crippen LogP) is 3.93. The van der Waals surface area contributed by atoms with Crippen LogP contribution in [0.2, 0.25) is 0 Å². The summed E-state index contributed by atoms with van der Waals surface area (Å²) < 4.78 is 5.93. The van der Waals surface area contributed by atoms with Gasteiger partial charge in [0.25, 0.3) is 5.91 Å². The number of ether oxygens (including phenoxy) is 1. The first-order valence-corrected chi connectivity index (χ1v) is 10.0. The molecule has 2 saturated carbocycles. The summed E-state index contributed by atoms with van der Waals surface area (Å²) >= 11 is 0. The van der Waals surface area contributed by atoms with Crippen LogP contribution in [0.4, 0.5) is 0 Å². The predicted molar refractivity (Wildman–Crippen MR) is 107 cm³/mol. The Morgan fingerprint density at radius 1 is 1.11 bits per heavy atom. The van der Waals surface area contributed by atoms with Crippen LogP contribution in [0.15, 0.2) is 48.5 Å². The van der Waals surface area contributed by atoms with E-state index < -0.39 is 0 Å². The lowest BCUT2D eigenvalue weighted by atomic mass is 10.1. The summed E-state index contributed by atoms with van der Waals surface area (Å²) in [4.78, 5) is 14.6. The highest BCUT2D eigenvalue weighted by molar-refractivity contribution is 5.94. The number of carbonyl (C=O) groups excluding carboxylic acids is 1. The van der Waals surface area contributed by atoms with E-state index in [1.165, 1.54) is 24.0 Å². The van der Waals surface area contributed by atoms with Crippen LogP contribution in [0.25, 0.3) is 0 Å². The van der Waals surface area contributed by atoms with Gasteiger partial charge in [-0.2, -0.15) is 0 Å². The Balaban J connectivity index is 1.29. The molecule has 0 aliphatic heterocycles. The van der Waals surface area contributed by atoms with Crippen molar-refractivity contribution in [1.82, 2.24) is 10.2 Å². The lowest BCUT2D eigenvalue weighted by molar-refractivity contribution is 0.0951. The number of hydrogen-bond acceptors (Lipinski definition) is 3.